The molecule has 0 aliphatic heterocycles. The fourth-order valence-electron chi connectivity index (χ4n) is 4.27. The largest absolute Gasteiger partial charge is 0.305 e. The van der Waals surface area contributed by atoms with Crippen molar-refractivity contribution < 1.29 is 0 Å². The molecule has 0 amide bonds. The Bertz CT molecular complexity index is 433. The Morgan fingerprint density at radius 2 is 0.885 bits per heavy atom. The monoisotopic (exact) mass is 358 g/mol. The molecule has 0 spiro atoms. The van der Waals surface area contributed by atoms with Crippen molar-refractivity contribution in [1.29, 1.82) is 5.41 Å². The van der Waals surface area contributed by atoms with E-state index in [1.165, 1.54) is 127 Å². The third kappa shape index (κ3) is 10.3. The van der Waals surface area contributed by atoms with Gasteiger partial charge in [0.25, 0.3) is 0 Å². The predicted molar refractivity (Wildman–Crippen MR) is 116 cm³/mol. The van der Waals surface area contributed by atoms with Crippen molar-refractivity contribution in [2.24, 2.45) is 4.99 Å². The standard InChI is InChI=1S/C24H42N2/c25-22-17-13-9-5-4-8-12-16-20-24(21-22)26-23-18-14-10-6-2-1-3-7-11-15-19-23/h21,25H,1-20H2/b24-21-,25-22?. The van der Waals surface area contributed by atoms with E-state index in [0.29, 0.717) is 0 Å². The van der Waals surface area contributed by atoms with Crippen LogP contribution in [0.1, 0.15) is 128 Å². The molecule has 1 N–H and O–H groups in total. The van der Waals surface area contributed by atoms with E-state index >= 15 is 0 Å². The number of hydrogen-bond donors (Lipinski definition) is 1. The van der Waals surface area contributed by atoms with Gasteiger partial charge in [0.1, 0.15) is 0 Å². The summed E-state index contributed by atoms with van der Waals surface area (Å²) in [5.41, 5.74) is 3.44. The number of aliphatic imine (C=N–C) groups is 1. The zero-order valence-corrected chi connectivity index (χ0v) is 17.2. The van der Waals surface area contributed by atoms with E-state index in [4.69, 9.17) is 10.4 Å². The fraction of sp³-hybridized carbons (Fsp3) is 0.833. The first-order valence-corrected chi connectivity index (χ1v) is 11.7. The Labute approximate surface area is 162 Å². The molecule has 0 aromatic rings. The summed E-state index contributed by atoms with van der Waals surface area (Å²) in [5.74, 6) is 0. The molecule has 1 fully saturated rings. The van der Waals surface area contributed by atoms with Gasteiger partial charge in [-0.1, -0.05) is 77.0 Å². The molecule has 148 valence electrons. The van der Waals surface area contributed by atoms with Crippen molar-refractivity contribution >= 4 is 11.4 Å². The summed E-state index contributed by atoms with van der Waals surface area (Å²) in [4.78, 5) is 5.14. The quantitative estimate of drug-likeness (QED) is 0.491. The zero-order valence-electron chi connectivity index (χ0n) is 17.2. The number of nitrogens with one attached hydrogen (secondary N) is 1. The van der Waals surface area contributed by atoms with Gasteiger partial charge in [-0.05, 0) is 57.4 Å². The van der Waals surface area contributed by atoms with Gasteiger partial charge in [-0.25, -0.2) is 0 Å². The summed E-state index contributed by atoms with van der Waals surface area (Å²) in [7, 11) is 0. The predicted octanol–water partition coefficient (Wildman–Crippen LogP) is 8.16. The normalized spacial score (nSPS) is 25.6. The maximum absolute atomic E-state index is 8.32. The third-order valence-electron chi connectivity index (χ3n) is 5.95. The van der Waals surface area contributed by atoms with E-state index < -0.39 is 0 Å². The molecule has 0 unspecified atom stereocenters. The van der Waals surface area contributed by atoms with E-state index in [1.54, 1.807) is 0 Å². The highest BCUT2D eigenvalue weighted by Gasteiger charge is 2.07. The molecule has 2 aliphatic rings. The van der Waals surface area contributed by atoms with Crippen LogP contribution in [0.4, 0.5) is 0 Å². The molecule has 2 heteroatoms. The summed E-state index contributed by atoms with van der Waals surface area (Å²) < 4.78 is 0. The molecule has 0 heterocycles. The van der Waals surface area contributed by atoms with Crippen LogP contribution in [0.5, 0.6) is 0 Å². The first-order chi connectivity index (χ1) is 12.8. The lowest BCUT2D eigenvalue weighted by Crippen LogP contribution is -2.03. The molecular weight excluding hydrogens is 316 g/mol. The molecular formula is C24H42N2. The number of hydrogen-bond acceptors (Lipinski definition) is 2. The molecule has 26 heavy (non-hydrogen) atoms. The topological polar surface area (TPSA) is 36.2 Å². The van der Waals surface area contributed by atoms with Crippen molar-refractivity contribution in [2.75, 3.05) is 0 Å². The Morgan fingerprint density at radius 3 is 1.38 bits per heavy atom. The molecule has 0 radical (unpaired) electrons. The van der Waals surface area contributed by atoms with Gasteiger partial charge in [-0.2, -0.15) is 0 Å². The second kappa shape index (κ2) is 14.2. The van der Waals surface area contributed by atoms with Gasteiger partial charge in [0.2, 0.25) is 0 Å². The van der Waals surface area contributed by atoms with Gasteiger partial charge in [0.05, 0.1) is 0 Å². The van der Waals surface area contributed by atoms with Crippen LogP contribution >= 0.6 is 0 Å². The number of nitrogens with zero attached hydrogens (tertiary/aromatic N) is 1. The van der Waals surface area contributed by atoms with Crippen molar-refractivity contribution in [3.05, 3.63) is 11.8 Å². The molecule has 0 atom stereocenters. The van der Waals surface area contributed by atoms with Gasteiger partial charge < -0.3 is 5.41 Å². The van der Waals surface area contributed by atoms with E-state index in [2.05, 4.69) is 6.08 Å². The molecule has 2 aliphatic carbocycles. The lowest BCUT2D eigenvalue weighted by atomic mass is 9.99. The molecule has 1 saturated carbocycles. The highest BCUT2D eigenvalue weighted by Crippen LogP contribution is 2.20. The van der Waals surface area contributed by atoms with Crippen molar-refractivity contribution in [1.82, 2.24) is 0 Å². The van der Waals surface area contributed by atoms with Gasteiger partial charge in [0.15, 0.2) is 0 Å². The van der Waals surface area contributed by atoms with E-state index in [1.807, 2.05) is 0 Å². The van der Waals surface area contributed by atoms with Gasteiger partial charge in [-0.3, -0.25) is 4.99 Å². The number of allylic oxidation sites excluding steroid dienone is 2. The third-order valence-corrected chi connectivity index (χ3v) is 5.95. The van der Waals surface area contributed by atoms with Crippen LogP contribution in [-0.4, -0.2) is 11.4 Å². The van der Waals surface area contributed by atoms with Crippen LogP contribution in [0, 0.1) is 5.41 Å². The SMILES string of the molecule is N=C1/C=C(\N=C2CCCCCCCCCCC2)CCCCCCCCC1. The van der Waals surface area contributed by atoms with Gasteiger partial charge in [0, 0.05) is 17.1 Å². The smallest absolute Gasteiger partial charge is 0.0420 e. The Balaban J connectivity index is 1.99. The summed E-state index contributed by atoms with van der Waals surface area (Å²) in [5, 5.41) is 8.32. The lowest BCUT2D eigenvalue weighted by molar-refractivity contribution is 0.555. The highest BCUT2D eigenvalue weighted by molar-refractivity contribution is 5.93. The molecule has 2 rings (SSSR count). The summed E-state index contributed by atoms with van der Waals surface area (Å²) in [6.07, 6.45) is 28.1. The van der Waals surface area contributed by atoms with Gasteiger partial charge >= 0.3 is 0 Å². The van der Waals surface area contributed by atoms with Crippen LogP contribution in [0.2, 0.25) is 0 Å². The van der Waals surface area contributed by atoms with Crippen LogP contribution in [0.3, 0.4) is 0 Å². The van der Waals surface area contributed by atoms with Crippen molar-refractivity contribution in [3.8, 4) is 0 Å². The first-order valence-electron chi connectivity index (χ1n) is 11.7. The maximum Gasteiger partial charge on any atom is 0.0420 e. The highest BCUT2D eigenvalue weighted by atomic mass is 14.8. The average Bonchev–Trinajstić information content (AvgIpc) is 2.61. The Kier molecular flexibility index (Phi) is 11.7. The van der Waals surface area contributed by atoms with Crippen molar-refractivity contribution in [3.63, 3.8) is 0 Å². The second-order valence-electron chi connectivity index (χ2n) is 8.50. The van der Waals surface area contributed by atoms with Crippen LogP contribution in [0.15, 0.2) is 16.8 Å². The van der Waals surface area contributed by atoms with E-state index in [0.717, 1.165) is 18.6 Å². The summed E-state index contributed by atoms with van der Waals surface area (Å²) >= 11 is 0. The Hall–Kier alpha value is -0.920. The second-order valence-corrected chi connectivity index (χ2v) is 8.50. The van der Waals surface area contributed by atoms with Crippen LogP contribution in [0.25, 0.3) is 0 Å². The minimum absolute atomic E-state index is 0.804. The molecule has 0 aromatic carbocycles. The van der Waals surface area contributed by atoms with Crippen LogP contribution < -0.4 is 0 Å². The maximum atomic E-state index is 8.32. The lowest BCUT2D eigenvalue weighted by Gasteiger charge is -2.12. The van der Waals surface area contributed by atoms with Gasteiger partial charge in [-0.15, -0.1) is 0 Å². The van der Waals surface area contributed by atoms with Crippen molar-refractivity contribution in [2.45, 2.75) is 128 Å². The summed E-state index contributed by atoms with van der Waals surface area (Å²) in [6, 6.07) is 0. The van der Waals surface area contributed by atoms with Crippen LogP contribution in [-0.2, 0) is 0 Å². The fourth-order valence-corrected chi connectivity index (χ4v) is 4.27. The molecule has 2 nitrogen and oxygen atoms in total. The molecule has 0 aromatic heterocycles. The minimum atomic E-state index is 0.804. The summed E-state index contributed by atoms with van der Waals surface area (Å²) in [6.45, 7) is 0. The van der Waals surface area contributed by atoms with E-state index in [-0.39, 0.29) is 0 Å². The Morgan fingerprint density at radius 1 is 0.500 bits per heavy atom. The molecule has 0 saturated heterocycles. The zero-order chi connectivity index (χ0) is 18.3. The average molecular weight is 359 g/mol. The van der Waals surface area contributed by atoms with E-state index in [9.17, 15) is 0 Å². The minimum Gasteiger partial charge on any atom is -0.305 e. The number of rotatable bonds is 1. The first kappa shape index (κ1) is 21.4. The molecule has 0 bridgehead atoms.